The lowest BCUT2D eigenvalue weighted by molar-refractivity contribution is -0.121. The van der Waals surface area contributed by atoms with Gasteiger partial charge in [-0.25, -0.2) is 13.8 Å². The van der Waals surface area contributed by atoms with Crippen molar-refractivity contribution in [2.24, 2.45) is 0 Å². The lowest BCUT2D eigenvalue weighted by Gasteiger charge is -2.13. The fourth-order valence-electron chi connectivity index (χ4n) is 3.40. The van der Waals surface area contributed by atoms with E-state index in [0.717, 1.165) is 23.8 Å². The van der Waals surface area contributed by atoms with Crippen molar-refractivity contribution in [3.63, 3.8) is 0 Å². The van der Waals surface area contributed by atoms with Crippen LogP contribution < -0.4 is 10.9 Å². The molecule has 2 heterocycles. The first-order chi connectivity index (χ1) is 15.4. The molecule has 0 fully saturated rings. The lowest BCUT2D eigenvalue weighted by atomic mass is 10.0. The van der Waals surface area contributed by atoms with Gasteiger partial charge in [0.25, 0.3) is 11.3 Å². The highest BCUT2D eigenvalue weighted by molar-refractivity contribution is 5.88. The van der Waals surface area contributed by atoms with Crippen molar-refractivity contribution in [3.8, 4) is 11.3 Å². The first-order valence-corrected chi connectivity index (χ1v) is 10.1. The van der Waals surface area contributed by atoms with Crippen LogP contribution in [0.1, 0.15) is 24.8 Å². The molecule has 0 radical (unpaired) electrons. The molecule has 0 unspecified atom stereocenters. The summed E-state index contributed by atoms with van der Waals surface area (Å²) in [6.07, 6.45) is 1.31. The van der Waals surface area contributed by atoms with Crippen LogP contribution in [-0.4, -0.2) is 27.2 Å². The predicted octanol–water partition coefficient (Wildman–Crippen LogP) is 3.64. The summed E-state index contributed by atoms with van der Waals surface area (Å²) in [6, 6.07) is 12.6. The number of hydrogen-bond donors (Lipinski definition) is 1. The molecule has 1 amide bonds. The molecule has 4 aromatic rings. The SMILES string of the molecule is C[C@@H](CNC(=O)CCn1cnc2onc(-c3cc(F)cc(F)c3)c2c1=O)c1ccccc1. The van der Waals surface area contributed by atoms with Gasteiger partial charge in [-0.2, -0.15) is 0 Å². The number of nitrogens with one attached hydrogen (secondary N) is 1. The number of carbonyl (C=O) groups is 1. The number of nitrogens with zero attached hydrogens (tertiary/aromatic N) is 3. The van der Waals surface area contributed by atoms with Crippen molar-refractivity contribution < 1.29 is 18.1 Å². The van der Waals surface area contributed by atoms with E-state index >= 15 is 0 Å². The van der Waals surface area contributed by atoms with Gasteiger partial charge >= 0.3 is 0 Å². The van der Waals surface area contributed by atoms with E-state index in [2.05, 4.69) is 15.5 Å². The van der Waals surface area contributed by atoms with Gasteiger partial charge in [0, 0.05) is 31.1 Å². The topological polar surface area (TPSA) is 90.0 Å². The molecule has 4 rings (SSSR count). The number of amides is 1. The van der Waals surface area contributed by atoms with Gasteiger partial charge in [-0.1, -0.05) is 42.4 Å². The van der Waals surface area contributed by atoms with E-state index in [1.807, 2.05) is 37.3 Å². The van der Waals surface area contributed by atoms with Crippen molar-refractivity contribution in [2.75, 3.05) is 6.54 Å². The Morgan fingerprint density at radius 2 is 1.88 bits per heavy atom. The second kappa shape index (κ2) is 9.09. The van der Waals surface area contributed by atoms with E-state index in [1.54, 1.807) is 0 Å². The third-order valence-electron chi connectivity index (χ3n) is 5.15. The van der Waals surface area contributed by atoms with Gasteiger partial charge in [0.15, 0.2) is 0 Å². The third-order valence-corrected chi connectivity index (χ3v) is 5.15. The van der Waals surface area contributed by atoms with Crippen molar-refractivity contribution in [1.29, 1.82) is 0 Å². The molecule has 2 aromatic heterocycles. The summed E-state index contributed by atoms with van der Waals surface area (Å²) in [5.74, 6) is -1.67. The van der Waals surface area contributed by atoms with Gasteiger partial charge < -0.3 is 9.84 Å². The zero-order valence-corrected chi connectivity index (χ0v) is 17.2. The Bertz CT molecular complexity index is 1300. The average Bonchev–Trinajstić information content (AvgIpc) is 3.22. The molecular formula is C23H20F2N4O3. The number of rotatable bonds is 7. The highest BCUT2D eigenvalue weighted by Crippen LogP contribution is 2.25. The summed E-state index contributed by atoms with van der Waals surface area (Å²) in [5.41, 5.74) is 0.609. The summed E-state index contributed by atoms with van der Waals surface area (Å²) in [5, 5.41) is 6.62. The van der Waals surface area contributed by atoms with E-state index in [9.17, 15) is 18.4 Å². The monoisotopic (exact) mass is 438 g/mol. The van der Waals surface area contributed by atoms with Crippen molar-refractivity contribution in [3.05, 3.63) is 82.4 Å². The molecule has 2 aromatic carbocycles. The van der Waals surface area contributed by atoms with Crippen LogP contribution in [0.3, 0.4) is 0 Å². The molecular weight excluding hydrogens is 418 g/mol. The van der Waals surface area contributed by atoms with Crippen LogP contribution in [0.4, 0.5) is 8.78 Å². The van der Waals surface area contributed by atoms with E-state index in [0.29, 0.717) is 6.54 Å². The van der Waals surface area contributed by atoms with Crippen LogP contribution in [0.2, 0.25) is 0 Å². The Morgan fingerprint density at radius 1 is 1.16 bits per heavy atom. The predicted molar refractivity (Wildman–Crippen MR) is 114 cm³/mol. The lowest BCUT2D eigenvalue weighted by Crippen LogP contribution is -2.30. The Labute approximate surface area is 181 Å². The van der Waals surface area contributed by atoms with Crippen LogP contribution in [0.5, 0.6) is 0 Å². The standard InChI is InChI=1S/C23H20F2N4O3/c1-14(15-5-3-2-4-6-15)12-26-19(30)7-8-29-13-27-22-20(23(29)31)21(28-32-22)16-9-17(24)11-18(25)10-16/h2-6,9-11,13-14H,7-8,12H2,1H3,(H,26,30)/t14-/m0/s1. The number of fused-ring (bicyclic) bond motifs is 1. The zero-order chi connectivity index (χ0) is 22.7. The van der Waals surface area contributed by atoms with Crippen LogP contribution in [0.15, 0.2) is 64.2 Å². The maximum atomic E-state index is 13.6. The first kappa shape index (κ1) is 21.4. The Kier molecular flexibility index (Phi) is 6.07. The summed E-state index contributed by atoms with van der Waals surface area (Å²) in [4.78, 5) is 29.2. The number of aromatic nitrogens is 3. The molecule has 164 valence electrons. The highest BCUT2D eigenvalue weighted by Gasteiger charge is 2.18. The minimum atomic E-state index is -0.804. The third kappa shape index (κ3) is 4.56. The van der Waals surface area contributed by atoms with Gasteiger partial charge in [0.05, 0.1) is 0 Å². The molecule has 1 N–H and O–H groups in total. The van der Waals surface area contributed by atoms with Gasteiger partial charge in [-0.3, -0.25) is 14.2 Å². The molecule has 9 heteroatoms. The van der Waals surface area contributed by atoms with Crippen LogP contribution in [0.25, 0.3) is 22.4 Å². The molecule has 0 aliphatic carbocycles. The molecule has 0 aliphatic rings. The average molecular weight is 438 g/mol. The van der Waals surface area contributed by atoms with Crippen LogP contribution >= 0.6 is 0 Å². The van der Waals surface area contributed by atoms with Crippen molar-refractivity contribution in [2.45, 2.75) is 25.8 Å². The molecule has 0 spiro atoms. The zero-order valence-electron chi connectivity index (χ0n) is 17.2. The van der Waals surface area contributed by atoms with Gasteiger partial charge in [0.2, 0.25) is 5.91 Å². The second-order valence-corrected chi connectivity index (χ2v) is 7.48. The van der Waals surface area contributed by atoms with Crippen molar-refractivity contribution in [1.82, 2.24) is 20.0 Å². The van der Waals surface area contributed by atoms with E-state index < -0.39 is 17.2 Å². The minimum Gasteiger partial charge on any atom is -0.355 e. The maximum Gasteiger partial charge on any atom is 0.266 e. The molecule has 0 saturated heterocycles. The molecule has 32 heavy (non-hydrogen) atoms. The summed E-state index contributed by atoms with van der Waals surface area (Å²) in [7, 11) is 0. The van der Waals surface area contributed by atoms with Crippen LogP contribution in [-0.2, 0) is 11.3 Å². The first-order valence-electron chi connectivity index (χ1n) is 10.1. The minimum absolute atomic E-state index is 0.00407. The highest BCUT2D eigenvalue weighted by atomic mass is 19.1. The summed E-state index contributed by atoms with van der Waals surface area (Å²) in [6.45, 7) is 2.56. The maximum absolute atomic E-state index is 13.6. The normalized spacial score (nSPS) is 12.1. The van der Waals surface area contributed by atoms with E-state index in [-0.39, 0.29) is 47.1 Å². The molecule has 7 nitrogen and oxygen atoms in total. The fourth-order valence-corrected chi connectivity index (χ4v) is 3.40. The molecule has 1 atom stereocenters. The molecule has 0 bridgehead atoms. The summed E-state index contributed by atoms with van der Waals surface area (Å²) < 4.78 is 33.5. The number of carbonyl (C=O) groups excluding carboxylic acids is 1. The van der Waals surface area contributed by atoms with Gasteiger partial charge in [-0.15, -0.1) is 0 Å². The molecule has 0 saturated carbocycles. The van der Waals surface area contributed by atoms with Gasteiger partial charge in [-0.05, 0) is 23.6 Å². The van der Waals surface area contributed by atoms with E-state index in [1.165, 1.54) is 10.9 Å². The Balaban J connectivity index is 1.47. The van der Waals surface area contributed by atoms with Crippen molar-refractivity contribution >= 4 is 17.0 Å². The number of benzene rings is 2. The van der Waals surface area contributed by atoms with E-state index in [4.69, 9.17) is 4.52 Å². The molecule has 0 aliphatic heterocycles. The smallest absolute Gasteiger partial charge is 0.266 e. The Morgan fingerprint density at radius 3 is 2.59 bits per heavy atom. The second-order valence-electron chi connectivity index (χ2n) is 7.48. The number of aryl methyl sites for hydroxylation is 1. The largest absolute Gasteiger partial charge is 0.355 e. The summed E-state index contributed by atoms with van der Waals surface area (Å²) >= 11 is 0. The number of hydrogen-bond acceptors (Lipinski definition) is 5. The fraction of sp³-hybridized carbons (Fsp3) is 0.217. The Hall–Kier alpha value is -3.88. The van der Waals surface area contributed by atoms with Crippen LogP contribution in [0, 0.1) is 11.6 Å². The van der Waals surface area contributed by atoms with Gasteiger partial charge in [0.1, 0.15) is 29.0 Å². The quantitative estimate of drug-likeness (QED) is 0.476. The number of halogens is 2.